The van der Waals surface area contributed by atoms with Gasteiger partial charge < -0.3 is 0 Å². The molecule has 0 saturated carbocycles. The molecular formula is C10H14O2. The molecule has 0 bridgehead atoms. The number of hydrogen-bond acceptors (Lipinski definition) is 2. The molecule has 0 amide bonds. The summed E-state index contributed by atoms with van der Waals surface area (Å²) in [6.07, 6.45) is 5.62. The zero-order valence-corrected chi connectivity index (χ0v) is 7.54. The molecule has 0 aromatic carbocycles. The largest absolute Gasteiger partial charge is 0.299 e. The zero-order valence-electron chi connectivity index (χ0n) is 7.54. The van der Waals surface area contributed by atoms with E-state index in [-0.39, 0.29) is 11.6 Å². The summed E-state index contributed by atoms with van der Waals surface area (Å²) in [6.45, 7) is 6.37. The summed E-state index contributed by atoms with van der Waals surface area (Å²) in [5.74, 6) is -0.617. The molecule has 0 aliphatic carbocycles. The highest BCUT2D eigenvalue weighted by Gasteiger charge is 2.16. The van der Waals surface area contributed by atoms with Crippen LogP contribution in [0.4, 0.5) is 0 Å². The van der Waals surface area contributed by atoms with Crippen LogP contribution in [0.5, 0.6) is 0 Å². The van der Waals surface area contributed by atoms with Crippen molar-refractivity contribution < 1.29 is 9.59 Å². The van der Waals surface area contributed by atoms with E-state index in [1.54, 1.807) is 18.2 Å². The molecule has 0 heterocycles. The smallest absolute Gasteiger partial charge is 0.140 e. The van der Waals surface area contributed by atoms with Crippen molar-refractivity contribution >= 4 is 11.6 Å². The fraction of sp³-hybridized carbons (Fsp3) is 0.400. The Kier molecular flexibility index (Phi) is 4.93. The highest BCUT2D eigenvalue weighted by Crippen LogP contribution is 2.06. The maximum Gasteiger partial charge on any atom is 0.140 e. The summed E-state index contributed by atoms with van der Waals surface area (Å²) in [4.78, 5) is 21.8. The first kappa shape index (κ1) is 10.8. The van der Waals surface area contributed by atoms with Crippen LogP contribution in [-0.4, -0.2) is 11.6 Å². The van der Waals surface area contributed by atoms with Crippen LogP contribution in [0.25, 0.3) is 0 Å². The molecule has 0 saturated heterocycles. The van der Waals surface area contributed by atoms with E-state index in [0.29, 0.717) is 6.42 Å². The van der Waals surface area contributed by atoms with E-state index in [1.807, 2.05) is 0 Å². The first-order valence-corrected chi connectivity index (χ1v) is 3.88. The number of allylic oxidation sites excluding steroid dienone is 3. The van der Waals surface area contributed by atoms with Gasteiger partial charge in [0.05, 0.1) is 5.92 Å². The molecule has 12 heavy (non-hydrogen) atoms. The highest BCUT2D eigenvalue weighted by atomic mass is 16.1. The van der Waals surface area contributed by atoms with Gasteiger partial charge in [-0.05, 0) is 20.3 Å². The molecule has 0 aliphatic heterocycles. The number of carbonyl (C=O) groups excluding carboxylic acids is 2. The quantitative estimate of drug-likeness (QED) is 0.462. The molecule has 0 aromatic heterocycles. The van der Waals surface area contributed by atoms with Gasteiger partial charge in [0, 0.05) is 0 Å². The molecule has 0 unspecified atom stereocenters. The first-order valence-electron chi connectivity index (χ1n) is 3.88. The molecule has 66 valence electrons. The minimum absolute atomic E-state index is 0.0730. The van der Waals surface area contributed by atoms with Crippen LogP contribution in [0.1, 0.15) is 20.3 Å². The maximum absolute atomic E-state index is 10.9. The van der Waals surface area contributed by atoms with E-state index in [1.165, 1.54) is 13.8 Å². The molecular weight excluding hydrogens is 152 g/mol. The fourth-order valence-corrected chi connectivity index (χ4v) is 0.929. The summed E-state index contributed by atoms with van der Waals surface area (Å²) in [5.41, 5.74) is 0. The topological polar surface area (TPSA) is 34.1 Å². The van der Waals surface area contributed by atoms with Crippen molar-refractivity contribution in [2.24, 2.45) is 5.92 Å². The van der Waals surface area contributed by atoms with Crippen LogP contribution in [0.2, 0.25) is 0 Å². The van der Waals surface area contributed by atoms with Crippen molar-refractivity contribution in [1.82, 2.24) is 0 Å². The lowest BCUT2D eigenvalue weighted by atomic mass is 9.97. The minimum atomic E-state index is -0.471. The molecule has 2 heteroatoms. The van der Waals surface area contributed by atoms with Gasteiger partial charge in [0.2, 0.25) is 0 Å². The molecule has 0 aliphatic rings. The van der Waals surface area contributed by atoms with Crippen molar-refractivity contribution in [2.75, 3.05) is 0 Å². The Morgan fingerprint density at radius 3 is 2.17 bits per heavy atom. The predicted molar refractivity (Wildman–Crippen MR) is 48.8 cm³/mol. The molecule has 0 aromatic rings. The number of carbonyl (C=O) groups is 2. The standard InChI is InChI=1S/C10H14O2/c1-4-5-6-7-10(8(2)11)9(3)12/h4-6,10H,1,7H2,2-3H3/b6-5+. The third-order valence-electron chi connectivity index (χ3n) is 1.63. The third-order valence-corrected chi connectivity index (χ3v) is 1.63. The first-order chi connectivity index (χ1) is 5.59. The Morgan fingerprint density at radius 2 is 1.83 bits per heavy atom. The van der Waals surface area contributed by atoms with Crippen LogP contribution in [0.15, 0.2) is 24.8 Å². The lowest BCUT2D eigenvalue weighted by Crippen LogP contribution is -2.18. The number of ketones is 2. The van der Waals surface area contributed by atoms with E-state index in [4.69, 9.17) is 0 Å². The average Bonchev–Trinajstić information content (AvgIpc) is 1.96. The number of rotatable bonds is 5. The van der Waals surface area contributed by atoms with Gasteiger partial charge in [-0.1, -0.05) is 24.8 Å². The van der Waals surface area contributed by atoms with Crippen molar-refractivity contribution in [3.63, 3.8) is 0 Å². The van der Waals surface area contributed by atoms with Crippen LogP contribution in [0, 0.1) is 5.92 Å². The van der Waals surface area contributed by atoms with Crippen LogP contribution in [0.3, 0.4) is 0 Å². The van der Waals surface area contributed by atoms with Gasteiger partial charge in [0.15, 0.2) is 0 Å². The molecule has 0 N–H and O–H groups in total. The van der Waals surface area contributed by atoms with Crippen LogP contribution in [-0.2, 0) is 9.59 Å². The molecule has 0 atom stereocenters. The second-order valence-corrected chi connectivity index (χ2v) is 2.67. The van der Waals surface area contributed by atoms with E-state index >= 15 is 0 Å². The highest BCUT2D eigenvalue weighted by molar-refractivity contribution is 6.00. The van der Waals surface area contributed by atoms with E-state index in [9.17, 15) is 9.59 Å². The monoisotopic (exact) mass is 166 g/mol. The van der Waals surface area contributed by atoms with Gasteiger partial charge >= 0.3 is 0 Å². The third kappa shape index (κ3) is 3.86. The second-order valence-electron chi connectivity index (χ2n) is 2.67. The average molecular weight is 166 g/mol. The fourth-order valence-electron chi connectivity index (χ4n) is 0.929. The summed E-state index contributed by atoms with van der Waals surface area (Å²) in [6, 6.07) is 0. The van der Waals surface area contributed by atoms with Gasteiger partial charge in [0.1, 0.15) is 11.6 Å². The lowest BCUT2D eigenvalue weighted by molar-refractivity contribution is -0.130. The Hall–Kier alpha value is -1.18. The lowest BCUT2D eigenvalue weighted by Gasteiger charge is -2.05. The van der Waals surface area contributed by atoms with Crippen molar-refractivity contribution in [3.8, 4) is 0 Å². The Balaban J connectivity index is 4.14. The summed E-state index contributed by atoms with van der Waals surface area (Å²) in [5, 5.41) is 0. The van der Waals surface area contributed by atoms with Crippen LogP contribution >= 0.6 is 0 Å². The minimum Gasteiger partial charge on any atom is -0.299 e. The molecule has 0 radical (unpaired) electrons. The molecule has 0 rings (SSSR count). The van der Waals surface area contributed by atoms with Gasteiger partial charge in [-0.2, -0.15) is 0 Å². The van der Waals surface area contributed by atoms with Gasteiger partial charge in [-0.15, -0.1) is 0 Å². The van der Waals surface area contributed by atoms with E-state index in [0.717, 1.165) is 0 Å². The molecule has 0 fully saturated rings. The van der Waals surface area contributed by atoms with Gasteiger partial charge in [-0.25, -0.2) is 0 Å². The molecule has 2 nitrogen and oxygen atoms in total. The van der Waals surface area contributed by atoms with Crippen LogP contribution < -0.4 is 0 Å². The normalized spacial score (nSPS) is 10.6. The molecule has 0 spiro atoms. The van der Waals surface area contributed by atoms with Crippen molar-refractivity contribution in [3.05, 3.63) is 24.8 Å². The van der Waals surface area contributed by atoms with Crippen molar-refractivity contribution in [2.45, 2.75) is 20.3 Å². The zero-order chi connectivity index (χ0) is 9.56. The van der Waals surface area contributed by atoms with Crippen molar-refractivity contribution in [1.29, 1.82) is 0 Å². The Morgan fingerprint density at radius 1 is 1.33 bits per heavy atom. The summed E-state index contributed by atoms with van der Waals surface area (Å²) >= 11 is 0. The SMILES string of the molecule is C=C/C=C/CC(C(C)=O)C(C)=O. The number of hydrogen-bond donors (Lipinski definition) is 0. The van der Waals surface area contributed by atoms with E-state index < -0.39 is 5.92 Å². The van der Waals surface area contributed by atoms with E-state index in [2.05, 4.69) is 6.58 Å². The number of Topliss-reactive ketones (excluding diaryl/α,β-unsaturated/α-hetero) is 2. The maximum atomic E-state index is 10.9. The Labute approximate surface area is 73.0 Å². The summed E-state index contributed by atoms with van der Waals surface area (Å²) in [7, 11) is 0. The predicted octanol–water partition coefficient (Wildman–Crippen LogP) is 1.91. The van der Waals surface area contributed by atoms with Gasteiger partial charge in [0.25, 0.3) is 0 Å². The summed E-state index contributed by atoms with van der Waals surface area (Å²) < 4.78 is 0. The second kappa shape index (κ2) is 5.47. The Bertz CT molecular complexity index is 200. The van der Waals surface area contributed by atoms with Gasteiger partial charge in [-0.3, -0.25) is 9.59 Å².